The second-order valence-corrected chi connectivity index (χ2v) is 6.85. The van der Waals surface area contributed by atoms with Crippen molar-refractivity contribution >= 4 is 10.8 Å². The van der Waals surface area contributed by atoms with Crippen LogP contribution in [0.4, 0.5) is 0 Å². The van der Waals surface area contributed by atoms with Crippen LogP contribution >= 0.6 is 0 Å². The lowest BCUT2D eigenvalue weighted by Crippen LogP contribution is -2.24. The standard InChI is InChI=1S/C11H18N2O3S/c1-7(14)8-6-9(16-5)12-13-10(8)17(15)11(2,3)4/h6-7,14H,1-5H3. The lowest BCUT2D eigenvalue weighted by Gasteiger charge is -2.19. The summed E-state index contributed by atoms with van der Waals surface area (Å²) in [7, 11) is 0.136. The summed E-state index contributed by atoms with van der Waals surface area (Å²) in [6, 6.07) is 1.57. The third kappa shape index (κ3) is 3.23. The summed E-state index contributed by atoms with van der Waals surface area (Å²) in [5.41, 5.74) is 0.491. The highest BCUT2D eigenvalue weighted by Crippen LogP contribution is 2.27. The molecule has 2 unspecified atom stereocenters. The van der Waals surface area contributed by atoms with Crippen LogP contribution in [0.15, 0.2) is 11.1 Å². The zero-order chi connectivity index (χ0) is 13.2. The van der Waals surface area contributed by atoms with Crippen molar-refractivity contribution in [1.29, 1.82) is 0 Å². The molecule has 0 aliphatic heterocycles. The maximum absolute atomic E-state index is 12.2. The first-order valence-corrected chi connectivity index (χ1v) is 6.44. The van der Waals surface area contributed by atoms with Gasteiger partial charge < -0.3 is 9.84 Å². The molecule has 0 aliphatic rings. The third-order valence-electron chi connectivity index (χ3n) is 2.16. The lowest BCUT2D eigenvalue weighted by atomic mass is 10.2. The Kier molecular flexibility index (Phi) is 4.21. The van der Waals surface area contributed by atoms with E-state index >= 15 is 0 Å². The van der Waals surface area contributed by atoms with Crippen LogP contribution in [0, 0.1) is 0 Å². The Balaban J connectivity index is 3.29. The minimum atomic E-state index is -1.33. The summed E-state index contributed by atoms with van der Waals surface area (Å²) >= 11 is 0. The molecule has 6 heteroatoms. The molecule has 1 heterocycles. The Bertz CT molecular complexity index is 427. The Morgan fingerprint density at radius 2 is 2.00 bits per heavy atom. The van der Waals surface area contributed by atoms with Crippen molar-refractivity contribution in [3.8, 4) is 5.88 Å². The highest BCUT2D eigenvalue weighted by Gasteiger charge is 2.27. The molecule has 17 heavy (non-hydrogen) atoms. The maximum atomic E-state index is 12.2. The molecule has 1 aromatic heterocycles. The molecule has 1 N–H and O–H groups in total. The lowest BCUT2D eigenvalue weighted by molar-refractivity contribution is 0.194. The predicted molar refractivity (Wildman–Crippen MR) is 65.4 cm³/mol. The van der Waals surface area contributed by atoms with E-state index in [2.05, 4.69) is 10.2 Å². The summed E-state index contributed by atoms with van der Waals surface area (Å²) in [5, 5.41) is 17.7. The first-order chi connectivity index (χ1) is 7.77. The summed E-state index contributed by atoms with van der Waals surface area (Å²) in [6.07, 6.45) is -0.763. The summed E-state index contributed by atoms with van der Waals surface area (Å²) in [6.45, 7) is 7.14. The minimum absolute atomic E-state index is 0.301. The summed E-state index contributed by atoms with van der Waals surface area (Å²) < 4.78 is 16.7. The molecule has 96 valence electrons. The smallest absolute Gasteiger partial charge is 0.233 e. The van der Waals surface area contributed by atoms with Gasteiger partial charge in [-0.15, -0.1) is 10.2 Å². The van der Waals surface area contributed by atoms with Gasteiger partial charge in [-0.05, 0) is 27.7 Å². The van der Waals surface area contributed by atoms with Crippen LogP contribution in [0.25, 0.3) is 0 Å². The second-order valence-electron chi connectivity index (χ2n) is 4.70. The van der Waals surface area contributed by atoms with Crippen molar-refractivity contribution in [2.75, 3.05) is 7.11 Å². The Morgan fingerprint density at radius 3 is 2.41 bits per heavy atom. The monoisotopic (exact) mass is 258 g/mol. The Hall–Kier alpha value is -1.01. The fraction of sp³-hybridized carbons (Fsp3) is 0.636. The fourth-order valence-electron chi connectivity index (χ4n) is 1.21. The number of methoxy groups -OCH3 is 1. The van der Waals surface area contributed by atoms with Gasteiger partial charge in [0, 0.05) is 16.4 Å². The third-order valence-corrected chi connectivity index (χ3v) is 3.94. The van der Waals surface area contributed by atoms with Gasteiger partial charge in [0.25, 0.3) is 0 Å². The minimum Gasteiger partial charge on any atom is -0.480 e. The fourth-order valence-corrected chi connectivity index (χ4v) is 2.35. The molecule has 1 rings (SSSR count). The molecule has 2 atom stereocenters. The van der Waals surface area contributed by atoms with Crippen molar-refractivity contribution < 1.29 is 14.1 Å². The number of aliphatic hydroxyl groups excluding tert-OH is 1. The van der Waals surface area contributed by atoms with Crippen LogP contribution in [-0.2, 0) is 10.8 Å². The molecule has 0 aromatic carbocycles. The van der Waals surface area contributed by atoms with E-state index < -0.39 is 21.7 Å². The number of hydrogen-bond acceptors (Lipinski definition) is 5. The van der Waals surface area contributed by atoms with E-state index in [1.807, 2.05) is 20.8 Å². The predicted octanol–water partition coefficient (Wildman–Crippen LogP) is 1.44. The molecule has 0 aliphatic carbocycles. The molecular weight excluding hydrogens is 240 g/mol. The Morgan fingerprint density at radius 1 is 1.41 bits per heavy atom. The zero-order valence-corrected chi connectivity index (χ0v) is 11.5. The van der Waals surface area contributed by atoms with Crippen LogP contribution in [0.3, 0.4) is 0 Å². The van der Waals surface area contributed by atoms with Crippen molar-refractivity contribution in [3.05, 3.63) is 11.6 Å². The number of nitrogens with zero attached hydrogens (tertiary/aromatic N) is 2. The van der Waals surface area contributed by atoms with Crippen molar-refractivity contribution in [2.24, 2.45) is 0 Å². The topological polar surface area (TPSA) is 72.3 Å². The molecule has 0 fully saturated rings. The van der Waals surface area contributed by atoms with Crippen molar-refractivity contribution in [2.45, 2.75) is 43.6 Å². The van der Waals surface area contributed by atoms with E-state index in [1.54, 1.807) is 13.0 Å². The van der Waals surface area contributed by atoms with Gasteiger partial charge in [0.1, 0.15) is 0 Å². The average molecular weight is 258 g/mol. The normalized spacial score (nSPS) is 15.4. The van der Waals surface area contributed by atoms with Gasteiger partial charge in [0.2, 0.25) is 5.88 Å². The number of aromatic nitrogens is 2. The SMILES string of the molecule is COc1cc(C(C)O)c(S(=O)C(C)(C)C)nn1. The van der Waals surface area contributed by atoms with Gasteiger partial charge >= 0.3 is 0 Å². The first kappa shape index (κ1) is 14.1. The van der Waals surface area contributed by atoms with Crippen LogP contribution < -0.4 is 4.74 Å². The van der Waals surface area contributed by atoms with E-state index in [-0.39, 0.29) is 0 Å². The van der Waals surface area contributed by atoms with Crippen LogP contribution in [-0.4, -0.2) is 31.4 Å². The van der Waals surface area contributed by atoms with E-state index in [9.17, 15) is 9.32 Å². The first-order valence-electron chi connectivity index (χ1n) is 5.29. The number of rotatable bonds is 3. The average Bonchev–Trinajstić information content (AvgIpc) is 2.25. The quantitative estimate of drug-likeness (QED) is 0.888. The molecule has 0 bridgehead atoms. The second kappa shape index (κ2) is 5.10. The van der Waals surface area contributed by atoms with E-state index in [0.717, 1.165) is 0 Å². The molecular formula is C11H18N2O3S. The van der Waals surface area contributed by atoms with Crippen LogP contribution in [0.2, 0.25) is 0 Å². The molecule has 1 aromatic rings. The van der Waals surface area contributed by atoms with Crippen molar-refractivity contribution in [1.82, 2.24) is 10.2 Å². The molecule has 0 amide bonds. The van der Waals surface area contributed by atoms with Crippen molar-refractivity contribution in [3.63, 3.8) is 0 Å². The van der Waals surface area contributed by atoms with Crippen LogP contribution in [0.1, 0.15) is 39.4 Å². The van der Waals surface area contributed by atoms with Gasteiger partial charge in [-0.3, -0.25) is 4.21 Å². The van der Waals surface area contributed by atoms with Crippen LogP contribution in [0.5, 0.6) is 5.88 Å². The maximum Gasteiger partial charge on any atom is 0.233 e. The molecule has 0 saturated carbocycles. The summed E-state index contributed by atoms with van der Waals surface area (Å²) in [5.74, 6) is 0.301. The Labute approximate surface area is 104 Å². The van der Waals surface area contributed by atoms with Gasteiger partial charge in [0.15, 0.2) is 5.03 Å². The van der Waals surface area contributed by atoms with Gasteiger partial charge in [0.05, 0.1) is 24.0 Å². The van der Waals surface area contributed by atoms with Gasteiger partial charge in [-0.2, -0.15) is 0 Å². The van der Waals surface area contributed by atoms with Gasteiger partial charge in [-0.25, -0.2) is 0 Å². The van der Waals surface area contributed by atoms with E-state index in [0.29, 0.717) is 16.5 Å². The van der Waals surface area contributed by atoms with E-state index in [1.165, 1.54) is 7.11 Å². The number of hydrogen-bond donors (Lipinski definition) is 1. The highest BCUT2D eigenvalue weighted by molar-refractivity contribution is 7.86. The van der Waals surface area contributed by atoms with E-state index in [4.69, 9.17) is 4.74 Å². The largest absolute Gasteiger partial charge is 0.480 e. The summed E-state index contributed by atoms with van der Waals surface area (Å²) in [4.78, 5) is 0. The number of aliphatic hydroxyl groups is 1. The van der Waals surface area contributed by atoms with Gasteiger partial charge in [-0.1, -0.05) is 0 Å². The number of ether oxygens (including phenoxy) is 1. The zero-order valence-electron chi connectivity index (χ0n) is 10.7. The highest BCUT2D eigenvalue weighted by atomic mass is 32.2. The molecule has 0 saturated heterocycles. The molecule has 0 spiro atoms. The molecule has 0 radical (unpaired) electrons. The molecule has 5 nitrogen and oxygen atoms in total.